The molecule has 1 amide bonds. The minimum absolute atomic E-state index is 0.104. The number of amides is 1. The van der Waals surface area contributed by atoms with E-state index >= 15 is 0 Å². The molecular formula is C32H30N2O4. The average Bonchev–Trinajstić information content (AvgIpc) is 3.48. The van der Waals surface area contributed by atoms with E-state index in [-0.39, 0.29) is 11.4 Å². The zero-order valence-electron chi connectivity index (χ0n) is 21.5. The highest BCUT2D eigenvalue weighted by atomic mass is 16.5. The highest BCUT2D eigenvalue weighted by Crippen LogP contribution is 2.38. The Balaban J connectivity index is 1.47. The van der Waals surface area contributed by atoms with E-state index in [0.29, 0.717) is 13.0 Å². The molecular weight excluding hydrogens is 476 g/mol. The maximum Gasteiger partial charge on any atom is 0.290 e. The Morgan fingerprint density at radius 2 is 1.84 bits per heavy atom. The first-order chi connectivity index (χ1) is 18.5. The number of aryl methyl sites for hydroxylation is 1. The van der Waals surface area contributed by atoms with Crippen molar-refractivity contribution in [1.82, 2.24) is 9.88 Å². The maximum absolute atomic E-state index is 13.4. The second-order valence-corrected chi connectivity index (χ2v) is 9.34. The predicted octanol–water partition coefficient (Wildman–Crippen LogP) is 5.96. The molecule has 1 aliphatic heterocycles. The van der Waals surface area contributed by atoms with Gasteiger partial charge in [-0.05, 0) is 59.4 Å². The van der Waals surface area contributed by atoms with E-state index in [1.165, 1.54) is 6.08 Å². The van der Waals surface area contributed by atoms with Gasteiger partial charge in [-0.25, -0.2) is 0 Å². The summed E-state index contributed by atoms with van der Waals surface area (Å²) in [5.41, 5.74) is 4.91. The molecule has 0 aliphatic carbocycles. The maximum atomic E-state index is 13.4. The molecule has 192 valence electrons. The average molecular weight is 507 g/mol. The van der Waals surface area contributed by atoms with Crippen molar-refractivity contribution in [3.63, 3.8) is 0 Å². The van der Waals surface area contributed by atoms with E-state index in [0.717, 1.165) is 45.3 Å². The Hall–Kier alpha value is -4.58. The molecule has 6 heteroatoms. The lowest BCUT2D eigenvalue weighted by Gasteiger charge is -2.27. The molecule has 2 N–H and O–H groups in total. The molecule has 0 saturated heterocycles. The largest absolute Gasteiger partial charge is 0.503 e. The summed E-state index contributed by atoms with van der Waals surface area (Å²) in [5.74, 6) is -0.660. The number of nitrogens with one attached hydrogen (secondary N) is 1. The first-order valence-corrected chi connectivity index (χ1v) is 12.7. The number of fused-ring (bicyclic) bond motifs is 1. The summed E-state index contributed by atoms with van der Waals surface area (Å²) in [6, 6.07) is 22.5. The molecule has 4 aromatic rings. The first-order valence-electron chi connectivity index (χ1n) is 12.7. The number of allylic oxidation sites excluding steroid dienone is 1. The first kappa shape index (κ1) is 25.1. The number of aliphatic hydroxyl groups is 1. The van der Waals surface area contributed by atoms with E-state index in [2.05, 4.69) is 11.9 Å². The van der Waals surface area contributed by atoms with Crippen LogP contribution in [0, 0.1) is 0 Å². The fraction of sp³-hybridized carbons (Fsp3) is 0.188. The Kier molecular flexibility index (Phi) is 7.13. The van der Waals surface area contributed by atoms with Gasteiger partial charge in [0.15, 0.2) is 11.5 Å². The monoisotopic (exact) mass is 506 g/mol. The number of ketones is 1. The molecule has 1 aromatic heterocycles. The summed E-state index contributed by atoms with van der Waals surface area (Å²) in [6.45, 7) is 2.40. The van der Waals surface area contributed by atoms with Crippen LogP contribution in [-0.4, -0.2) is 40.3 Å². The molecule has 3 aromatic carbocycles. The number of aliphatic hydroxyl groups excluding tert-OH is 1. The number of aromatic nitrogens is 1. The molecule has 0 unspecified atom stereocenters. The van der Waals surface area contributed by atoms with Crippen LogP contribution in [0.4, 0.5) is 0 Å². The van der Waals surface area contributed by atoms with Gasteiger partial charge in [-0.2, -0.15) is 0 Å². The summed E-state index contributed by atoms with van der Waals surface area (Å²) in [4.78, 5) is 31.6. The highest BCUT2D eigenvalue weighted by molar-refractivity contribution is 6.14. The van der Waals surface area contributed by atoms with E-state index in [4.69, 9.17) is 4.74 Å². The lowest BCUT2D eigenvalue weighted by molar-refractivity contribution is -0.129. The highest BCUT2D eigenvalue weighted by Gasteiger charge is 2.42. The van der Waals surface area contributed by atoms with E-state index in [1.54, 1.807) is 18.1 Å². The zero-order chi connectivity index (χ0) is 26.6. The number of benzene rings is 3. The van der Waals surface area contributed by atoms with Crippen LogP contribution in [0.1, 0.15) is 35.2 Å². The number of carbonyl (C=O) groups is 2. The van der Waals surface area contributed by atoms with Gasteiger partial charge in [-0.3, -0.25) is 9.59 Å². The number of ether oxygens (including phenoxy) is 1. The van der Waals surface area contributed by atoms with Crippen molar-refractivity contribution in [3.05, 3.63) is 119 Å². The smallest absolute Gasteiger partial charge is 0.290 e. The summed E-state index contributed by atoms with van der Waals surface area (Å²) in [7, 11) is 1.63. The normalized spacial score (nSPS) is 15.7. The number of hydrogen-bond donors (Lipinski definition) is 2. The number of H-pyrrole nitrogens is 1. The molecule has 5 rings (SSSR count). The number of methoxy groups -OCH3 is 1. The fourth-order valence-corrected chi connectivity index (χ4v) is 4.98. The zero-order valence-corrected chi connectivity index (χ0v) is 21.5. The van der Waals surface area contributed by atoms with E-state index < -0.39 is 17.7 Å². The van der Waals surface area contributed by atoms with Crippen LogP contribution >= 0.6 is 0 Å². The molecule has 0 saturated carbocycles. The van der Waals surface area contributed by atoms with Crippen molar-refractivity contribution in [2.45, 2.75) is 25.8 Å². The van der Waals surface area contributed by atoms with E-state index in [1.807, 2.05) is 79.0 Å². The molecule has 0 radical (unpaired) electrons. The third kappa shape index (κ3) is 4.85. The number of carbonyl (C=O) groups excluding carboxylic acids is 2. The van der Waals surface area contributed by atoms with Crippen LogP contribution in [0.15, 0.2) is 96.4 Å². The van der Waals surface area contributed by atoms with Crippen LogP contribution in [-0.2, 0) is 22.4 Å². The van der Waals surface area contributed by atoms with E-state index in [9.17, 15) is 14.7 Å². The van der Waals surface area contributed by atoms with Crippen LogP contribution in [0.3, 0.4) is 0 Å². The van der Waals surface area contributed by atoms with Gasteiger partial charge >= 0.3 is 0 Å². The molecule has 1 atom stereocenters. The number of rotatable bonds is 9. The minimum Gasteiger partial charge on any atom is -0.503 e. The van der Waals surface area contributed by atoms with Crippen molar-refractivity contribution in [1.29, 1.82) is 0 Å². The van der Waals surface area contributed by atoms with Gasteiger partial charge in [0.05, 0.1) is 18.7 Å². The predicted molar refractivity (Wildman–Crippen MR) is 149 cm³/mol. The Bertz CT molecular complexity index is 1530. The van der Waals surface area contributed by atoms with Gasteiger partial charge in [0.25, 0.3) is 5.91 Å². The molecule has 1 aliphatic rings. The number of aromatic amines is 1. The molecule has 38 heavy (non-hydrogen) atoms. The topological polar surface area (TPSA) is 82.6 Å². The van der Waals surface area contributed by atoms with Crippen molar-refractivity contribution >= 4 is 28.7 Å². The van der Waals surface area contributed by atoms with Gasteiger partial charge in [0.1, 0.15) is 5.75 Å². The van der Waals surface area contributed by atoms with Gasteiger partial charge in [-0.15, -0.1) is 0 Å². The lowest BCUT2D eigenvalue weighted by atomic mass is 9.94. The molecule has 0 bridgehead atoms. The standard InChI is InChI=1S/C32H30N2O4/c1-3-21-9-12-23(13-10-21)30-29(28(35)16-11-22-7-5-4-6-8-22)31(36)32(37)34(30)18-17-24-20-33-27-15-14-25(38-2)19-26(24)27/h4-16,19-20,30,33,36H,3,17-18H2,1-2H3/b16-11+/t30-/m1/s1. The Morgan fingerprint density at radius 1 is 1.08 bits per heavy atom. The summed E-state index contributed by atoms with van der Waals surface area (Å²) >= 11 is 0. The molecule has 6 nitrogen and oxygen atoms in total. The molecule has 0 spiro atoms. The lowest BCUT2D eigenvalue weighted by Crippen LogP contribution is -2.33. The minimum atomic E-state index is -0.680. The Morgan fingerprint density at radius 3 is 2.55 bits per heavy atom. The summed E-state index contributed by atoms with van der Waals surface area (Å²) in [5, 5.41) is 11.9. The van der Waals surface area contributed by atoms with Crippen molar-refractivity contribution in [3.8, 4) is 5.75 Å². The van der Waals surface area contributed by atoms with Crippen molar-refractivity contribution < 1.29 is 19.4 Å². The summed E-state index contributed by atoms with van der Waals surface area (Å²) < 4.78 is 5.38. The van der Waals surface area contributed by atoms with Crippen LogP contribution in [0.5, 0.6) is 5.75 Å². The van der Waals surface area contributed by atoms with Gasteiger partial charge in [0.2, 0.25) is 0 Å². The van der Waals surface area contributed by atoms with Gasteiger partial charge in [-0.1, -0.05) is 67.6 Å². The van der Waals surface area contributed by atoms with Gasteiger partial charge in [0, 0.05) is 23.6 Å². The molecule has 0 fully saturated rings. The fourth-order valence-electron chi connectivity index (χ4n) is 4.98. The Labute approximate surface area is 221 Å². The van der Waals surface area contributed by atoms with Crippen molar-refractivity contribution in [2.75, 3.05) is 13.7 Å². The molecule has 2 heterocycles. The third-order valence-electron chi connectivity index (χ3n) is 7.10. The second-order valence-electron chi connectivity index (χ2n) is 9.34. The van der Waals surface area contributed by atoms with Crippen LogP contribution < -0.4 is 4.74 Å². The van der Waals surface area contributed by atoms with Crippen LogP contribution in [0.25, 0.3) is 17.0 Å². The number of nitrogens with zero attached hydrogens (tertiary/aromatic N) is 1. The quantitative estimate of drug-likeness (QED) is 0.275. The van der Waals surface area contributed by atoms with Crippen LogP contribution in [0.2, 0.25) is 0 Å². The number of hydrogen-bond acceptors (Lipinski definition) is 4. The third-order valence-corrected chi connectivity index (χ3v) is 7.10. The van der Waals surface area contributed by atoms with Crippen molar-refractivity contribution in [2.24, 2.45) is 0 Å². The second kappa shape index (κ2) is 10.8. The SMILES string of the molecule is CCc1ccc([C@@H]2C(C(=O)/C=C/c3ccccc3)=C(O)C(=O)N2CCc2c[nH]c3ccc(OC)cc23)cc1. The van der Waals surface area contributed by atoms with Gasteiger partial charge < -0.3 is 19.7 Å². The summed E-state index contributed by atoms with van der Waals surface area (Å²) in [6.07, 6.45) is 6.47.